The van der Waals surface area contributed by atoms with Crippen LogP contribution in [0.5, 0.6) is 0 Å². The number of nitrogens with one attached hydrogen (secondary N) is 1. The summed E-state index contributed by atoms with van der Waals surface area (Å²) in [6, 6.07) is 2.09. The zero-order valence-corrected chi connectivity index (χ0v) is 10.3. The lowest BCUT2D eigenvalue weighted by Gasteiger charge is -2.31. The summed E-state index contributed by atoms with van der Waals surface area (Å²) >= 11 is 0. The minimum Gasteiger partial charge on any atom is -0.329 e. The normalized spacial score (nSPS) is 37.8. The monoisotopic (exact) mass is 211 g/mol. The smallest absolute Gasteiger partial charge is 0.0449 e. The SMILES string of the molecule is CC(C)NC1(CN)CC(C)N(C2CC2)C1. The molecule has 88 valence electrons. The van der Waals surface area contributed by atoms with Crippen LogP contribution in [0.15, 0.2) is 0 Å². The number of hydrogen-bond donors (Lipinski definition) is 2. The van der Waals surface area contributed by atoms with E-state index in [4.69, 9.17) is 5.73 Å². The zero-order chi connectivity index (χ0) is 11.1. The van der Waals surface area contributed by atoms with Crippen molar-refractivity contribution in [3.8, 4) is 0 Å². The Balaban J connectivity index is 2.01. The van der Waals surface area contributed by atoms with Crippen molar-refractivity contribution in [3.63, 3.8) is 0 Å². The summed E-state index contributed by atoms with van der Waals surface area (Å²) < 4.78 is 0. The van der Waals surface area contributed by atoms with Crippen molar-refractivity contribution in [2.24, 2.45) is 5.73 Å². The third-order valence-corrected chi connectivity index (χ3v) is 3.74. The van der Waals surface area contributed by atoms with Gasteiger partial charge in [0.25, 0.3) is 0 Å². The first kappa shape index (κ1) is 11.4. The van der Waals surface area contributed by atoms with Gasteiger partial charge in [0, 0.05) is 36.8 Å². The second-order valence-electron chi connectivity index (χ2n) is 5.74. The van der Waals surface area contributed by atoms with E-state index in [-0.39, 0.29) is 5.54 Å². The molecule has 0 amide bonds. The molecule has 0 spiro atoms. The maximum Gasteiger partial charge on any atom is 0.0449 e. The summed E-state index contributed by atoms with van der Waals surface area (Å²) in [5.41, 5.74) is 6.15. The molecule has 2 unspecified atom stereocenters. The highest BCUT2D eigenvalue weighted by molar-refractivity contribution is 5.06. The second kappa shape index (κ2) is 4.04. The molecule has 1 heterocycles. The lowest BCUT2D eigenvalue weighted by Crippen LogP contribution is -2.55. The zero-order valence-electron chi connectivity index (χ0n) is 10.3. The number of hydrogen-bond acceptors (Lipinski definition) is 3. The molecular formula is C12H25N3. The van der Waals surface area contributed by atoms with Gasteiger partial charge >= 0.3 is 0 Å². The number of likely N-dealkylation sites (tertiary alicyclic amines) is 1. The minimum absolute atomic E-state index is 0.177. The van der Waals surface area contributed by atoms with E-state index in [0.717, 1.165) is 19.1 Å². The van der Waals surface area contributed by atoms with Crippen molar-refractivity contribution < 1.29 is 0 Å². The highest BCUT2D eigenvalue weighted by Gasteiger charge is 2.46. The van der Waals surface area contributed by atoms with E-state index in [1.165, 1.54) is 19.3 Å². The first-order chi connectivity index (χ1) is 7.06. The van der Waals surface area contributed by atoms with Crippen LogP contribution in [0.2, 0.25) is 0 Å². The molecule has 1 aliphatic heterocycles. The average molecular weight is 211 g/mol. The van der Waals surface area contributed by atoms with Crippen LogP contribution in [0.1, 0.15) is 40.0 Å². The average Bonchev–Trinajstić information content (AvgIpc) is 2.92. The van der Waals surface area contributed by atoms with Crippen LogP contribution in [0.3, 0.4) is 0 Å². The topological polar surface area (TPSA) is 41.3 Å². The summed E-state index contributed by atoms with van der Waals surface area (Å²) in [5, 5.41) is 3.68. The summed E-state index contributed by atoms with van der Waals surface area (Å²) in [5.74, 6) is 0. The Hall–Kier alpha value is -0.120. The molecule has 2 fully saturated rings. The first-order valence-corrected chi connectivity index (χ1v) is 6.30. The molecule has 15 heavy (non-hydrogen) atoms. The molecule has 1 aliphatic carbocycles. The maximum atomic E-state index is 5.97. The molecule has 3 nitrogen and oxygen atoms in total. The molecule has 0 bridgehead atoms. The largest absolute Gasteiger partial charge is 0.329 e. The van der Waals surface area contributed by atoms with Crippen molar-refractivity contribution in [1.82, 2.24) is 10.2 Å². The van der Waals surface area contributed by atoms with Crippen LogP contribution >= 0.6 is 0 Å². The van der Waals surface area contributed by atoms with Crippen molar-refractivity contribution in [1.29, 1.82) is 0 Å². The van der Waals surface area contributed by atoms with Gasteiger partial charge in [-0.05, 0) is 26.2 Å². The highest BCUT2D eigenvalue weighted by atomic mass is 15.3. The lowest BCUT2D eigenvalue weighted by molar-refractivity contribution is 0.237. The highest BCUT2D eigenvalue weighted by Crippen LogP contribution is 2.36. The van der Waals surface area contributed by atoms with Gasteiger partial charge in [0.1, 0.15) is 0 Å². The van der Waals surface area contributed by atoms with Gasteiger partial charge in [-0.1, -0.05) is 13.8 Å². The van der Waals surface area contributed by atoms with E-state index in [9.17, 15) is 0 Å². The van der Waals surface area contributed by atoms with Crippen molar-refractivity contribution >= 4 is 0 Å². The van der Waals surface area contributed by atoms with E-state index in [2.05, 4.69) is 31.0 Å². The van der Waals surface area contributed by atoms with Crippen LogP contribution in [0.25, 0.3) is 0 Å². The molecule has 2 aliphatic rings. The van der Waals surface area contributed by atoms with Gasteiger partial charge in [-0.15, -0.1) is 0 Å². The van der Waals surface area contributed by atoms with E-state index >= 15 is 0 Å². The van der Waals surface area contributed by atoms with Gasteiger partial charge < -0.3 is 11.1 Å². The summed E-state index contributed by atoms with van der Waals surface area (Å²) in [7, 11) is 0. The molecule has 2 atom stereocenters. The summed E-state index contributed by atoms with van der Waals surface area (Å²) in [6.45, 7) is 8.67. The maximum absolute atomic E-state index is 5.97. The van der Waals surface area contributed by atoms with E-state index in [1.54, 1.807) is 0 Å². The number of rotatable bonds is 4. The van der Waals surface area contributed by atoms with Gasteiger partial charge in [-0.25, -0.2) is 0 Å². The molecule has 1 saturated heterocycles. The quantitative estimate of drug-likeness (QED) is 0.727. The van der Waals surface area contributed by atoms with Crippen LogP contribution in [-0.2, 0) is 0 Å². The predicted molar refractivity (Wildman–Crippen MR) is 63.9 cm³/mol. The van der Waals surface area contributed by atoms with Crippen molar-refractivity contribution in [2.75, 3.05) is 13.1 Å². The fraction of sp³-hybridized carbons (Fsp3) is 1.00. The van der Waals surface area contributed by atoms with E-state index in [0.29, 0.717) is 12.1 Å². The van der Waals surface area contributed by atoms with Crippen molar-refractivity contribution in [3.05, 3.63) is 0 Å². The van der Waals surface area contributed by atoms with Crippen molar-refractivity contribution in [2.45, 2.75) is 63.7 Å². The van der Waals surface area contributed by atoms with Crippen LogP contribution in [0, 0.1) is 0 Å². The van der Waals surface area contributed by atoms with Gasteiger partial charge in [0.2, 0.25) is 0 Å². The Bertz CT molecular complexity index is 225. The van der Waals surface area contributed by atoms with Crippen LogP contribution in [-0.4, -0.2) is 41.7 Å². The Morgan fingerprint density at radius 2 is 2.13 bits per heavy atom. The Kier molecular flexibility index (Phi) is 3.06. The molecule has 3 N–H and O–H groups in total. The summed E-state index contributed by atoms with van der Waals surface area (Å²) in [4.78, 5) is 2.66. The Labute approximate surface area is 93.4 Å². The van der Waals surface area contributed by atoms with Gasteiger partial charge in [0.05, 0.1) is 0 Å². The van der Waals surface area contributed by atoms with E-state index < -0.39 is 0 Å². The Morgan fingerprint density at radius 3 is 2.60 bits per heavy atom. The molecule has 0 aromatic rings. The summed E-state index contributed by atoms with van der Waals surface area (Å²) in [6.07, 6.45) is 4.00. The molecule has 2 rings (SSSR count). The molecular weight excluding hydrogens is 186 g/mol. The van der Waals surface area contributed by atoms with Gasteiger partial charge in [-0.2, -0.15) is 0 Å². The molecule has 3 heteroatoms. The third-order valence-electron chi connectivity index (χ3n) is 3.74. The van der Waals surface area contributed by atoms with E-state index in [1.807, 2.05) is 0 Å². The Morgan fingerprint density at radius 1 is 1.47 bits per heavy atom. The molecule has 1 saturated carbocycles. The molecule has 0 aromatic carbocycles. The minimum atomic E-state index is 0.177. The first-order valence-electron chi connectivity index (χ1n) is 6.30. The number of nitrogens with two attached hydrogens (primary N) is 1. The standard InChI is InChI=1S/C12H25N3/c1-9(2)14-12(7-13)6-10(3)15(8-12)11-4-5-11/h9-11,14H,4-8,13H2,1-3H3. The second-order valence-corrected chi connectivity index (χ2v) is 5.74. The third kappa shape index (κ3) is 2.35. The fourth-order valence-electron chi connectivity index (χ4n) is 3.07. The lowest BCUT2D eigenvalue weighted by atomic mass is 9.95. The molecule has 0 aromatic heterocycles. The number of nitrogens with zero attached hydrogens (tertiary/aromatic N) is 1. The van der Waals surface area contributed by atoms with Crippen LogP contribution < -0.4 is 11.1 Å². The fourth-order valence-corrected chi connectivity index (χ4v) is 3.07. The van der Waals surface area contributed by atoms with Gasteiger partial charge in [0.15, 0.2) is 0 Å². The van der Waals surface area contributed by atoms with Gasteiger partial charge in [-0.3, -0.25) is 4.90 Å². The van der Waals surface area contributed by atoms with Crippen LogP contribution in [0.4, 0.5) is 0 Å². The molecule has 0 radical (unpaired) electrons. The predicted octanol–water partition coefficient (Wildman–Crippen LogP) is 0.939.